The van der Waals surface area contributed by atoms with Crippen molar-refractivity contribution >= 4 is 44.8 Å². The van der Waals surface area contributed by atoms with E-state index in [1.165, 1.54) is 19.2 Å². The molecule has 9 heteroatoms. The summed E-state index contributed by atoms with van der Waals surface area (Å²) in [7, 11) is -2.70. The predicted octanol–water partition coefficient (Wildman–Crippen LogP) is 4.27. The van der Waals surface area contributed by atoms with Crippen LogP contribution in [0.3, 0.4) is 0 Å². The Kier molecular flexibility index (Phi) is 7.10. The average Bonchev–Trinajstić information content (AvgIpc) is 2.74. The van der Waals surface area contributed by atoms with Gasteiger partial charge in [0, 0.05) is 22.5 Å². The predicted molar refractivity (Wildman–Crippen MR) is 122 cm³/mol. The molecule has 3 rings (SSSR count). The Morgan fingerprint density at radius 3 is 2.42 bits per heavy atom. The SMILES string of the molecule is COc1cccc(S(=O)(=O)N(CC(N)=O)c2ccc(Cl)cc2Cc2ccccc2Cl)c1. The van der Waals surface area contributed by atoms with Gasteiger partial charge in [0.2, 0.25) is 5.91 Å². The van der Waals surface area contributed by atoms with E-state index in [4.69, 9.17) is 33.7 Å². The number of carbonyl (C=O) groups excluding carboxylic acids is 1. The Morgan fingerprint density at radius 2 is 1.74 bits per heavy atom. The number of nitrogens with two attached hydrogens (primary N) is 1. The number of nitrogens with zero attached hydrogens (tertiary/aromatic N) is 1. The van der Waals surface area contributed by atoms with Crippen molar-refractivity contribution in [2.24, 2.45) is 5.73 Å². The number of benzene rings is 3. The van der Waals surface area contributed by atoms with E-state index in [0.29, 0.717) is 27.8 Å². The minimum absolute atomic E-state index is 0.0354. The molecule has 2 N–H and O–H groups in total. The molecule has 0 unspecified atom stereocenters. The van der Waals surface area contributed by atoms with Gasteiger partial charge >= 0.3 is 0 Å². The first kappa shape index (κ1) is 22.9. The highest BCUT2D eigenvalue weighted by Gasteiger charge is 2.29. The summed E-state index contributed by atoms with van der Waals surface area (Å²) in [6, 6.07) is 18.0. The molecule has 6 nitrogen and oxygen atoms in total. The average molecular weight is 479 g/mol. The topological polar surface area (TPSA) is 89.7 Å². The Balaban J connectivity index is 2.15. The number of carbonyl (C=O) groups is 1. The summed E-state index contributed by atoms with van der Waals surface area (Å²) in [6.07, 6.45) is 0.304. The van der Waals surface area contributed by atoms with Crippen molar-refractivity contribution in [1.82, 2.24) is 0 Å². The van der Waals surface area contributed by atoms with E-state index in [0.717, 1.165) is 9.87 Å². The van der Waals surface area contributed by atoms with Crippen LogP contribution in [-0.2, 0) is 21.2 Å². The van der Waals surface area contributed by atoms with Crippen molar-refractivity contribution < 1.29 is 17.9 Å². The van der Waals surface area contributed by atoms with E-state index in [2.05, 4.69) is 0 Å². The lowest BCUT2D eigenvalue weighted by Crippen LogP contribution is -2.39. The Morgan fingerprint density at radius 1 is 1.00 bits per heavy atom. The second-order valence-corrected chi connectivity index (χ2v) is 9.40. The van der Waals surface area contributed by atoms with Gasteiger partial charge in [0.1, 0.15) is 12.3 Å². The van der Waals surface area contributed by atoms with Crippen molar-refractivity contribution in [3.63, 3.8) is 0 Å². The maximum Gasteiger partial charge on any atom is 0.264 e. The molecule has 162 valence electrons. The highest BCUT2D eigenvalue weighted by Crippen LogP contribution is 2.32. The Labute approximate surface area is 191 Å². The monoisotopic (exact) mass is 478 g/mol. The number of sulfonamides is 1. The van der Waals surface area contributed by atoms with Gasteiger partial charge in [0.15, 0.2) is 0 Å². The summed E-state index contributed by atoms with van der Waals surface area (Å²) in [4.78, 5) is 11.8. The highest BCUT2D eigenvalue weighted by atomic mass is 35.5. The minimum atomic E-state index is -4.14. The molecule has 0 heterocycles. The molecule has 0 fully saturated rings. The van der Waals surface area contributed by atoms with Crippen molar-refractivity contribution in [2.45, 2.75) is 11.3 Å². The van der Waals surface area contributed by atoms with Gasteiger partial charge in [0.25, 0.3) is 10.0 Å². The second kappa shape index (κ2) is 9.60. The molecular formula is C22H20Cl2N2O4S. The summed E-state index contributed by atoms with van der Waals surface area (Å²) >= 11 is 12.5. The van der Waals surface area contributed by atoms with E-state index in [1.54, 1.807) is 42.5 Å². The molecule has 0 radical (unpaired) electrons. The number of hydrogen-bond acceptors (Lipinski definition) is 4. The van der Waals surface area contributed by atoms with Crippen LogP contribution in [-0.4, -0.2) is 28.0 Å². The van der Waals surface area contributed by atoms with Crippen molar-refractivity contribution in [1.29, 1.82) is 0 Å². The molecule has 0 aliphatic rings. The molecule has 3 aromatic carbocycles. The number of methoxy groups -OCH3 is 1. The lowest BCUT2D eigenvalue weighted by molar-refractivity contribution is -0.116. The van der Waals surface area contributed by atoms with Crippen LogP contribution in [0.1, 0.15) is 11.1 Å². The maximum atomic E-state index is 13.5. The summed E-state index contributed by atoms with van der Waals surface area (Å²) < 4.78 is 33.1. The summed E-state index contributed by atoms with van der Waals surface area (Å²) in [5, 5.41) is 0.953. The summed E-state index contributed by atoms with van der Waals surface area (Å²) in [5.74, 6) is -0.433. The fraction of sp³-hybridized carbons (Fsp3) is 0.136. The first-order chi connectivity index (χ1) is 14.7. The number of rotatable bonds is 8. The van der Waals surface area contributed by atoms with Gasteiger partial charge in [-0.1, -0.05) is 47.5 Å². The summed E-state index contributed by atoms with van der Waals surface area (Å²) in [5.41, 5.74) is 7.04. The maximum absolute atomic E-state index is 13.5. The largest absolute Gasteiger partial charge is 0.497 e. The van der Waals surface area contributed by atoms with Gasteiger partial charge in [-0.15, -0.1) is 0 Å². The number of anilines is 1. The molecule has 0 bridgehead atoms. The van der Waals surface area contributed by atoms with Crippen LogP contribution >= 0.6 is 23.2 Å². The second-order valence-electron chi connectivity index (χ2n) is 6.70. The molecule has 0 saturated heterocycles. The van der Waals surface area contributed by atoms with Crippen LogP contribution in [0.25, 0.3) is 0 Å². The lowest BCUT2D eigenvalue weighted by Gasteiger charge is -2.26. The fourth-order valence-corrected chi connectivity index (χ4v) is 5.02. The number of hydrogen-bond donors (Lipinski definition) is 1. The van der Waals surface area contributed by atoms with E-state index >= 15 is 0 Å². The first-order valence-electron chi connectivity index (χ1n) is 9.19. The standard InChI is InChI=1S/C22H20Cl2N2O4S/c1-30-18-6-4-7-19(13-18)31(28,29)26(14-22(25)27)21-10-9-17(23)12-16(21)11-15-5-2-3-8-20(15)24/h2-10,12-13H,11,14H2,1H3,(H2,25,27). The lowest BCUT2D eigenvalue weighted by atomic mass is 10.0. The molecular weight excluding hydrogens is 459 g/mol. The number of primary amides is 1. The number of amides is 1. The zero-order chi connectivity index (χ0) is 22.6. The molecule has 0 aliphatic carbocycles. The zero-order valence-corrected chi connectivity index (χ0v) is 18.9. The quantitative estimate of drug-likeness (QED) is 0.523. The van der Waals surface area contributed by atoms with Gasteiger partial charge in [-0.25, -0.2) is 8.42 Å². The normalized spacial score (nSPS) is 11.2. The molecule has 3 aromatic rings. The van der Waals surface area contributed by atoms with Gasteiger partial charge in [-0.3, -0.25) is 9.10 Å². The molecule has 0 atom stereocenters. The van der Waals surface area contributed by atoms with Crippen LogP contribution in [0, 0.1) is 0 Å². The third-order valence-electron chi connectivity index (χ3n) is 4.58. The Hall–Kier alpha value is -2.74. The number of halogens is 2. The van der Waals surface area contributed by atoms with Crippen LogP contribution in [0.15, 0.2) is 71.6 Å². The third kappa shape index (κ3) is 5.31. The van der Waals surface area contributed by atoms with Gasteiger partial charge in [-0.05, 0) is 47.5 Å². The molecule has 0 spiro atoms. The molecule has 1 amide bonds. The van der Waals surface area contributed by atoms with Gasteiger partial charge < -0.3 is 10.5 Å². The first-order valence-corrected chi connectivity index (χ1v) is 11.4. The van der Waals surface area contributed by atoms with Crippen molar-refractivity contribution in [2.75, 3.05) is 18.0 Å². The molecule has 0 aliphatic heterocycles. The third-order valence-corrected chi connectivity index (χ3v) is 6.94. The van der Waals surface area contributed by atoms with Crippen molar-refractivity contribution in [3.8, 4) is 5.75 Å². The van der Waals surface area contributed by atoms with E-state index in [-0.39, 0.29) is 10.6 Å². The smallest absolute Gasteiger partial charge is 0.264 e. The van der Waals surface area contributed by atoms with Gasteiger partial charge in [0.05, 0.1) is 17.7 Å². The number of ether oxygens (including phenoxy) is 1. The van der Waals surface area contributed by atoms with E-state index < -0.39 is 22.5 Å². The van der Waals surface area contributed by atoms with Gasteiger partial charge in [-0.2, -0.15) is 0 Å². The van der Waals surface area contributed by atoms with Crippen molar-refractivity contribution in [3.05, 3.63) is 87.9 Å². The zero-order valence-electron chi connectivity index (χ0n) is 16.6. The molecule has 31 heavy (non-hydrogen) atoms. The van der Waals surface area contributed by atoms with Crippen LogP contribution in [0.5, 0.6) is 5.75 Å². The minimum Gasteiger partial charge on any atom is -0.497 e. The van der Waals surface area contributed by atoms with Crippen LogP contribution in [0.4, 0.5) is 5.69 Å². The highest BCUT2D eigenvalue weighted by molar-refractivity contribution is 7.92. The van der Waals surface area contributed by atoms with Crippen LogP contribution < -0.4 is 14.8 Å². The van der Waals surface area contributed by atoms with Crippen LogP contribution in [0.2, 0.25) is 10.0 Å². The Bertz CT molecular complexity index is 1220. The molecule has 0 saturated carbocycles. The summed E-state index contributed by atoms with van der Waals surface area (Å²) in [6.45, 7) is -0.545. The van der Waals surface area contributed by atoms with E-state index in [1.807, 2.05) is 12.1 Å². The fourth-order valence-electron chi connectivity index (χ4n) is 3.12. The van der Waals surface area contributed by atoms with E-state index in [9.17, 15) is 13.2 Å². The molecule has 0 aromatic heterocycles.